The summed E-state index contributed by atoms with van der Waals surface area (Å²) in [5, 5.41) is 3.22. The first-order valence-corrected chi connectivity index (χ1v) is 5.99. The highest BCUT2D eigenvalue weighted by atomic mass is 16.5. The van der Waals surface area contributed by atoms with E-state index in [2.05, 4.69) is 29.1 Å². The predicted molar refractivity (Wildman–Crippen MR) is 65.6 cm³/mol. The second-order valence-electron chi connectivity index (χ2n) is 3.64. The van der Waals surface area contributed by atoms with Crippen molar-refractivity contribution in [3.63, 3.8) is 0 Å². The molecule has 0 saturated heterocycles. The SMILES string of the molecule is CCCCOCCNc1cc(CC)ncn1. The first kappa shape index (κ1) is 12.9. The smallest absolute Gasteiger partial charge is 0.129 e. The number of hydrogen-bond acceptors (Lipinski definition) is 4. The largest absolute Gasteiger partial charge is 0.380 e. The van der Waals surface area contributed by atoms with E-state index in [0.29, 0.717) is 0 Å². The number of rotatable bonds is 8. The quantitative estimate of drug-likeness (QED) is 0.687. The van der Waals surface area contributed by atoms with Crippen molar-refractivity contribution in [2.24, 2.45) is 0 Å². The van der Waals surface area contributed by atoms with E-state index >= 15 is 0 Å². The van der Waals surface area contributed by atoms with Crippen LogP contribution >= 0.6 is 0 Å². The van der Waals surface area contributed by atoms with Crippen LogP contribution in [0.4, 0.5) is 5.82 Å². The Hall–Kier alpha value is -1.16. The predicted octanol–water partition coefficient (Wildman–Crippen LogP) is 2.27. The molecule has 0 amide bonds. The number of ether oxygens (including phenoxy) is 1. The summed E-state index contributed by atoms with van der Waals surface area (Å²) < 4.78 is 5.45. The molecule has 0 aliphatic carbocycles. The Kier molecular flexibility index (Phi) is 6.49. The van der Waals surface area contributed by atoms with Crippen LogP contribution in [0.25, 0.3) is 0 Å². The molecule has 0 bridgehead atoms. The molecule has 0 unspecified atom stereocenters. The van der Waals surface area contributed by atoms with Crippen molar-refractivity contribution in [1.29, 1.82) is 0 Å². The molecule has 1 heterocycles. The van der Waals surface area contributed by atoms with E-state index in [1.165, 1.54) is 6.42 Å². The molecule has 0 aliphatic heterocycles. The molecule has 4 nitrogen and oxygen atoms in total. The third-order valence-corrected chi connectivity index (χ3v) is 2.28. The minimum Gasteiger partial charge on any atom is -0.380 e. The maximum atomic E-state index is 5.45. The number of aromatic nitrogens is 2. The minimum atomic E-state index is 0.728. The van der Waals surface area contributed by atoms with E-state index < -0.39 is 0 Å². The van der Waals surface area contributed by atoms with Gasteiger partial charge in [-0.3, -0.25) is 0 Å². The van der Waals surface area contributed by atoms with Gasteiger partial charge in [0.15, 0.2) is 0 Å². The van der Waals surface area contributed by atoms with Crippen molar-refractivity contribution >= 4 is 5.82 Å². The van der Waals surface area contributed by atoms with Crippen molar-refractivity contribution in [3.05, 3.63) is 18.1 Å². The molecule has 1 aromatic heterocycles. The lowest BCUT2D eigenvalue weighted by Gasteiger charge is -2.06. The Morgan fingerprint density at radius 2 is 2.12 bits per heavy atom. The first-order valence-electron chi connectivity index (χ1n) is 5.99. The van der Waals surface area contributed by atoms with Gasteiger partial charge >= 0.3 is 0 Å². The van der Waals surface area contributed by atoms with Crippen LogP contribution in [0.1, 0.15) is 32.4 Å². The molecule has 4 heteroatoms. The third kappa shape index (κ3) is 5.07. The first-order chi connectivity index (χ1) is 7.86. The minimum absolute atomic E-state index is 0.728. The van der Waals surface area contributed by atoms with Gasteiger partial charge in [-0.2, -0.15) is 0 Å². The van der Waals surface area contributed by atoms with E-state index in [9.17, 15) is 0 Å². The maximum Gasteiger partial charge on any atom is 0.129 e. The van der Waals surface area contributed by atoms with Gasteiger partial charge in [-0.05, 0) is 12.8 Å². The Bertz CT molecular complexity index is 291. The topological polar surface area (TPSA) is 47.0 Å². The highest BCUT2D eigenvalue weighted by Crippen LogP contribution is 2.03. The zero-order valence-corrected chi connectivity index (χ0v) is 10.2. The van der Waals surface area contributed by atoms with Gasteiger partial charge in [0.25, 0.3) is 0 Å². The molecule has 1 N–H and O–H groups in total. The summed E-state index contributed by atoms with van der Waals surface area (Å²) in [5.74, 6) is 0.881. The zero-order chi connectivity index (χ0) is 11.6. The molecule has 0 aromatic carbocycles. The average Bonchev–Trinajstić information content (AvgIpc) is 2.34. The number of unbranched alkanes of at least 4 members (excludes halogenated alkanes) is 1. The Balaban J connectivity index is 2.16. The number of aryl methyl sites for hydroxylation is 1. The lowest BCUT2D eigenvalue weighted by molar-refractivity contribution is 0.141. The van der Waals surface area contributed by atoms with E-state index in [1.54, 1.807) is 6.33 Å². The molecular weight excluding hydrogens is 202 g/mol. The van der Waals surface area contributed by atoms with Crippen molar-refractivity contribution in [2.45, 2.75) is 33.1 Å². The molecular formula is C12H21N3O. The summed E-state index contributed by atoms with van der Waals surface area (Å²) in [6.07, 6.45) is 4.84. The van der Waals surface area contributed by atoms with Gasteiger partial charge < -0.3 is 10.1 Å². The normalized spacial score (nSPS) is 10.4. The Morgan fingerprint density at radius 3 is 2.88 bits per heavy atom. The summed E-state index contributed by atoms with van der Waals surface area (Å²) >= 11 is 0. The standard InChI is InChI=1S/C12H21N3O/c1-3-5-7-16-8-6-13-12-9-11(4-2)14-10-15-12/h9-10H,3-8H2,1-2H3,(H,13,14,15). The molecule has 1 rings (SSSR count). The van der Waals surface area contributed by atoms with Crippen LogP contribution in [0.2, 0.25) is 0 Å². The summed E-state index contributed by atoms with van der Waals surface area (Å²) in [5.41, 5.74) is 1.06. The van der Waals surface area contributed by atoms with Gasteiger partial charge in [-0.15, -0.1) is 0 Å². The summed E-state index contributed by atoms with van der Waals surface area (Å²) in [7, 11) is 0. The molecule has 0 fully saturated rings. The van der Waals surface area contributed by atoms with Crippen LogP contribution in [0.5, 0.6) is 0 Å². The van der Waals surface area contributed by atoms with E-state index in [0.717, 1.165) is 44.1 Å². The van der Waals surface area contributed by atoms with Gasteiger partial charge in [0.2, 0.25) is 0 Å². The van der Waals surface area contributed by atoms with E-state index in [-0.39, 0.29) is 0 Å². The number of hydrogen-bond donors (Lipinski definition) is 1. The maximum absolute atomic E-state index is 5.45. The van der Waals surface area contributed by atoms with Crippen LogP contribution in [0.3, 0.4) is 0 Å². The van der Waals surface area contributed by atoms with Gasteiger partial charge in [-0.1, -0.05) is 20.3 Å². The van der Waals surface area contributed by atoms with Crippen molar-refractivity contribution < 1.29 is 4.74 Å². The molecule has 1 aromatic rings. The average molecular weight is 223 g/mol. The van der Waals surface area contributed by atoms with Crippen LogP contribution < -0.4 is 5.32 Å². The molecule has 0 saturated carbocycles. The molecule has 0 radical (unpaired) electrons. The second-order valence-corrected chi connectivity index (χ2v) is 3.64. The van der Waals surface area contributed by atoms with Crippen LogP contribution in [-0.4, -0.2) is 29.7 Å². The zero-order valence-electron chi connectivity index (χ0n) is 10.2. The lowest BCUT2D eigenvalue weighted by Crippen LogP contribution is -2.11. The van der Waals surface area contributed by atoms with E-state index in [4.69, 9.17) is 4.74 Å². The van der Waals surface area contributed by atoms with Crippen molar-refractivity contribution in [3.8, 4) is 0 Å². The fourth-order valence-corrected chi connectivity index (χ4v) is 1.29. The van der Waals surface area contributed by atoms with Gasteiger partial charge in [-0.25, -0.2) is 9.97 Å². The van der Waals surface area contributed by atoms with Crippen molar-refractivity contribution in [1.82, 2.24) is 9.97 Å². The van der Waals surface area contributed by atoms with E-state index in [1.807, 2.05) is 6.07 Å². The molecule has 0 spiro atoms. The Labute approximate surface area is 97.5 Å². The summed E-state index contributed by atoms with van der Waals surface area (Å²) in [4.78, 5) is 8.29. The number of nitrogens with zero attached hydrogens (tertiary/aromatic N) is 2. The fraction of sp³-hybridized carbons (Fsp3) is 0.667. The summed E-state index contributed by atoms with van der Waals surface area (Å²) in [6.45, 7) is 6.62. The lowest BCUT2D eigenvalue weighted by atomic mass is 10.3. The van der Waals surface area contributed by atoms with Gasteiger partial charge in [0.1, 0.15) is 12.1 Å². The van der Waals surface area contributed by atoms with Crippen LogP contribution in [-0.2, 0) is 11.2 Å². The fourth-order valence-electron chi connectivity index (χ4n) is 1.29. The molecule has 0 atom stereocenters. The number of nitrogens with one attached hydrogen (secondary N) is 1. The summed E-state index contributed by atoms with van der Waals surface area (Å²) in [6, 6.07) is 1.98. The molecule has 16 heavy (non-hydrogen) atoms. The highest BCUT2D eigenvalue weighted by molar-refractivity contribution is 5.34. The molecule has 0 aliphatic rings. The van der Waals surface area contributed by atoms with Crippen LogP contribution in [0, 0.1) is 0 Å². The second kappa shape index (κ2) is 8.05. The monoisotopic (exact) mass is 223 g/mol. The Morgan fingerprint density at radius 1 is 1.25 bits per heavy atom. The van der Waals surface area contributed by atoms with Gasteiger partial charge in [0.05, 0.1) is 6.61 Å². The van der Waals surface area contributed by atoms with Crippen molar-refractivity contribution in [2.75, 3.05) is 25.1 Å². The molecule has 90 valence electrons. The highest BCUT2D eigenvalue weighted by Gasteiger charge is 1.96. The number of anilines is 1. The van der Waals surface area contributed by atoms with Gasteiger partial charge in [0, 0.05) is 24.9 Å². The third-order valence-electron chi connectivity index (χ3n) is 2.28. The van der Waals surface area contributed by atoms with Crippen LogP contribution in [0.15, 0.2) is 12.4 Å².